The maximum absolute atomic E-state index is 12.3. The van der Waals surface area contributed by atoms with Crippen LogP contribution in [0.1, 0.15) is 26.3 Å². The highest BCUT2D eigenvalue weighted by molar-refractivity contribution is 5.85. The molecule has 0 aliphatic carbocycles. The van der Waals surface area contributed by atoms with Crippen LogP contribution in [-0.2, 0) is 16.1 Å². The first-order chi connectivity index (χ1) is 11.0. The zero-order chi connectivity index (χ0) is 16.8. The molecule has 126 valence electrons. The summed E-state index contributed by atoms with van der Waals surface area (Å²) in [4.78, 5) is 23.8. The first-order valence-electron chi connectivity index (χ1n) is 7.60. The molecule has 7 heteroatoms. The van der Waals surface area contributed by atoms with Crippen molar-refractivity contribution in [3.63, 3.8) is 0 Å². The molecule has 2 N–H and O–H groups in total. The zero-order valence-corrected chi connectivity index (χ0v) is 13.5. The Morgan fingerprint density at radius 1 is 1.26 bits per heavy atom. The number of hydrogen-bond acceptors (Lipinski definition) is 5. The summed E-state index contributed by atoms with van der Waals surface area (Å²) < 4.78 is 15.4. The molecule has 23 heavy (non-hydrogen) atoms. The number of hydrogen-bond donors (Lipinski definition) is 2. The molecule has 1 aromatic rings. The van der Waals surface area contributed by atoms with E-state index in [4.69, 9.17) is 14.2 Å². The molecule has 0 bridgehead atoms. The third-order valence-corrected chi connectivity index (χ3v) is 3.40. The predicted octanol–water partition coefficient (Wildman–Crippen LogP) is 1.80. The van der Waals surface area contributed by atoms with Gasteiger partial charge >= 0.3 is 6.09 Å². The monoisotopic (exact) mass is 322 g/mol. The van der Waals surface area contributed by atoms with E-state index >= 15 is 0 Å². The van der Waals surface area contributed by atoms with E-state index in [2.05, 4.69) is 10.6 Å². The van der Waals surface area contributed by atoms with Crippen LogP contribution in [0.2, 0.25) is 0 Å². The van der Waals surface area contributed by atoms with E-state index in [-0.39, 0.29) is 25.2 Å². The number of benzene rings is 1. The van der Waals surface area contributed by atoms with Gasteiger partial charge in [0.15, 0.2) is 11.5 Å². The normalized spacial score (nSPS) is 13.6. The van der Waals surface area contributed by atoms with Crippen molar-refractivity contribution < 1.29 is 23.8 Å². The fourth-order valence-corrected chi connectivity index (χ4v) is 2.18. The van der Waals surface area contributed by atoms with E-state index in [0.717, 1.165) is 5.56 Å². The lowest BCUT2D eigenvalue weighted by Crippen LogP contribution is -2.49. The Morgan fingerprint density at radius 3 is 2.70 bits per heavy atom. The lowest BCUT2D eigenvalue weighted by Gasteiger charge is -2.21. The number of alkyl carbamates (subject to hydrolysis) is 1. The molecule has 1 heterocycles. The summed E-state index contributed by atoms with van der Waals surface area (Å²) in [6, 6.07) is 4.84. The van der Waals surface area contributed by atoms with Gasteiger partial charge in [-0.15, -0.1) is 0 Å². The van der Waals surface area contributed by atoms with Crippen LogP contribution in [0.15, 0.2) is 18.2 Å². The third-order valence-electron chi connectivity index (χ3n) is 3.40. The Morgan fingerprint density at radius 2 is 2.00 bits per heavy atom. The molecular formula is C16H22N2O5. The summed E-state index contributed by atoms with van der Waals surface area (Å²) in [6.45, 7) is 6.24. The molecular weight excluding hydrogens is 300 g/mol. The first kappa shape index (κ1) is 16.9. The van der Waals surface area contributed by atoms with E-state index in [0.29, 0.717) is 18.0 Å². The second kappa shape index (κ2) is 7.71. The Labute approximate surface area is 135 Å². The predicted molar refractivity (Wildman–Crippen MR) is 83.2 cm³/mol. The Kier molecular flexibility index (Phi) is 5.67. The average molecular weight is 322 g/mol. The van der Waals surface area contributed by atoms with Crippen LogP contribution in [0, 0.1) is 5.92 Å². The lowest BCUT2D eigenvalue weighted by atomic mass is 10.0. The highest BCUT2D eigenvalue weighted by Crippen LogP contribution is 2.32. The van der Waals surface area contributed by atoms with E-state index in [1.54, 1.807) is 13.0 Å². The van der Waals surface area contributed by atoms with E-state index in [1.165, 1.54) is 0 Å². The first-order valence-corrected chi connectivity index (χ1v) is 7.60. The zero-order valence-electron chi connectivity index (χ0n) is 13.5. The maximum atomic E-state index is 12.3. The molecule has 0 aromatic heterocycles. The summed E-state index contributed by atoms with van der Waals surface area (Å²) in [5, 5.41) is 5.39. The van der Waals surface area contributed by atoms with Crippen molar-refractivity contribution in [1.29, 1.82) is 0 Å². The van der Waals surface area contributed by atoms with Crippen LogP contribution in [0.5, 0.6) is 11.5 Å². The van der Waals surface area contributed by atoms with Gasteiger partial charge in [0, 0.05) is 6.54 Å². The minimum absolute atomic E-state index is 0.0591. The second-order valence-electron chi connectivity index (χ2n) is 5.49. The Hall–Kier alpha value is -2.44. The van der Waals surface area contributed by atoms with Gasteiger partial charge in [-0.2, -0.15) is 0 Å². The van der Waals surface area contributed by atoms with Gasteiger partial charge in [-0.25, -0.2) is 4.79 Å². The molecule has 2 rings (SSSR count). The van der Waals surface area contributed by atoms with Crippen molar-refractivity contribution in [2.45, 2.75) is 33.4 Å². The minimum Gasteiger partial charge on any atom is -0.454 e. The standard InChI is InChI=1S/C16H22N2O5/c1-4-21-16(20)18-14(10(2)3)15(19)17-8-11-5-6-12-13(7-11)23-9-22-12/h5-7,10,14H,4,8-9H2,1-3H3,(H,17,19)(H,18,20)/t14-/m1/s1. The quantitative estimate of drug-likeness (QED) is 0.834. The number of ether oxygens (including phenoxy) is 3. The molecule has 1 atom stereocenters. The van der Waals surface area contributed by atoms with Gasteiger partial charge < -0.3 is 24.8 Å². The highest BCUT2D eigenvalue weighted by Gasteiger charge is 2.24. The fourth-order valence-electron chi connectivity index (χ4n) is 2.18. The van der Waals surface area contributed by atoms with Gasteiger partial charge in [0.1, 0.15) is 6.04 Å². The molecule has 1 aliphatic heterocycles. The summed E-state index contributed by atoms with van der Waals surface area (Å²) in [5.41, 5.74) is 0.890. The van der Waals surface area contributed by atoms with Crippen molar-refractivity contribution in [3.8, 4) is 11.5 Å². The van der Waals surface area contributed by atoms with E-state index in [1.807, 2.05) is 26.0 Å². The molecule has 2 amide bonds. The molecule has 7 nitrogen and oxygen atoms in total. The van der Waals surface area contributed by atoms with Crippen LogP contribution in [0.3, 0.4) is 0 Å². The Bertz CT molecular complexity index is 574. The molecule has 1 aliphatic rings. The SMILES string of the molecule is CCOC(=O)N[C@@H](C(=O)NCc1ccc2c(c1)OCO2)C(C)C. The number of carbonyl (C=O) groups is 2. The summed E-state index contributed by atoms with van der Waals surface area (Å²) >= 11 is 0. The van der Waals surface area contributed by atoms with Crippen LogP contribution in [-0.4, -0.2) is 31.4 Å². The number of fused-ring (bicyclic) bond motifs is 1. The molecule has 1 aromatic carbocycles. The second-order valence-corrected chi connectivity index (χ2v) is 5.49. The van der Waals surface area contributed by atoms with Crippen molar-refractivity contribution >= 4 is 12.0 Å². The van der Waals surface area contributed by atoms with Crippen molar-refractivity contribution in [2.75, 3.05) is 13.4 Å². The third kappa shape index (κ3) is 4.51. The van der Waals surface area contributed by atoms with Crippen molar-refractivity contribution in [2.24, 2.45) is 5.92 Å². The van der Waals surface area contributed by atoms with Gasteiger partial charge in [-0.1, -0.05) is 19.9 Å². The van der Waals surface area contributed by atoms with Crippen LogP contribution < -0.4 is 20.1 Å². The summed E-state index contributed by atoms with van der Waals surface area (Å²) in [7, 11) is 0. The summed E-state index contributed by atoms with van der Waals surface area (Å²) in [5.74, 6) is 1.05. The van der Waals surface area contributed by atoms with Crippen LogP contribution in [0.4, 0.5) is 4.79 Å². The van der Waals surface area contributed by atoms with Crippen molar-refractivity contribution in [1.82, 2.24) is 10.6 Å². The van der Waals surface area contributed by atoms with E-state index in [9.17, 15) is 9.59 Å². The number of carbonyl (C=O) groups excluding carboxylic acids is 2. The van der Waals surface area contributed by atoms with Gasteiger partial charge in [0.2, 0.25) is 12.7 Å². The topological polar surface area (TPSA) is 85.9 Å². The van der Waals surface area contributed by atoms with Crippen molar-refractivity contribution in [3.05, 3.63) is 23.8 Å². The number of nitrogens with one attached hydrogen (secondary N) is 2. The molecule has 0 spiro atoms. The highest BCUT2D eigenvalue weighted by atomic mass is 16.7. The van der Waals surface area contributed by atoms with Crippen LogP contribution >= 0.6 is 0 Å². The molecule has 0 radical (unpaired) electrons. The lowest BCUT2D eigenvalue weighted by molar-refractivity contribution is -0.124. The fraction of sp³-hybridized carbons (Fsp3) is 0.500. The number of amides is 2. The smallest absolute Gasteiger partial charge is 0.407 e. The number of rotatable bonds is 6. The summed E-state index contributed by atoms with van der Waals surface area (Å²) in [6.07, 6.45) is -0.593. The van der Waals surface area contributed by atoms with Gasteiger partial charge in [-0.05, 0) is 30.5 Å². The van der Waals surface area contributed by atoms with Gasteiger partial charge in [0.05, 0.1) is 6.61 Å². The molecule has 0 unspecified atom stereocenters. The average Bonchev–Trinajstić information content (AvgIpc) is 2.97. The Balaban J connectivity index is 1.92. The van der Waals surface area contributed by atoms with Gasteiger partial charge in [-0.3, -0.25) is 4.79 Å². The minimum atomic E-state index is -0.650. The molecule has 0 saturated carbocycles. The van der Waals surface area contributed by atoms with E-state index < -0.39 is 12.1 Å². The molecule has 0 saturated heterocycles. The largest absolute Gasteiger partial charge is 0.454 e. The van der Waals surface area contributed by atoms with Crippen LogP contribution in [0.25, 0.3) is 0 Å². The maximum Gasteiger partial charge on any atom is 0.407 e. The van der Waals surface area contributed by atoms with Gasteiger partial charge in [0.25, 0.3) is 0 Å². The molecule has 0 fully saturated rings.